The number of carbonyl (C=O) groups is 1. The van der Waals surface area contributed by atoms with Crippen LogP contribution in [0.2, 0.25) is 0 Å². The Balaban J connectivity index is 1.92. The molecule has 1 aromatic carbocycles. The van der Waals surface area contributed by atoms with Crippen LogP contribution in [0.1, 0.15) is 22.4 Å². The van der Waals surface area contributed by atoms with Gasteiger partial charge in [-0.05, 0) is 28.0 Å². The number of carbonyl (C=O) groups excluding carboxylic acids is 1. The van der Waals surface area contributed by atoms with E-state index in [2.05, 4.69) is 40.1 Å². The van der Waals surface area contributed by atoms with Crippen molar-refractivity contribution >= 4 is 23.4 Å². The van der Waals surface area contributed by atoms with Crippen LogP contribution in [0, 0.1) is 0 Å². The molecule has 2 heterocycles. The number of hydrogen-bond donors (Lipinski definition) is 1. The molecule has 5 heteroatoms. The monoisotopic (exact) mass is 321 g/mol. The summed E-state index contributed by atoms with van der Waals surface area (Å²) in [7, 11) is 0. The third kappa shape index (κ3) is 2.12. The number of hydrogen-bond acceptors (Lipinski definition) is 3. The van der Waals surface area contributed by atoms with Gasteiger partial charge in [0.25, 0.3) is 0 Å². The van der Waals surface area contributed by atoms with Gasteiger partial charge in [-0.25, -0.2) is 4.79 Å². The fraction of sp³-hybridized carbons (Fsp3) is 0.111. The summed E-state index contributed by atoms with van der Waals surface area (Å²) in [6.07, 6.45) is 6.59. The van der Waals surface area contributed by atoms with Gasteiger partial charge in [0.2, 0.25) is 0 Å². The molecule has 0 bridgehead atoms. The Labute approximate surface area is 137 Å². The van der Waals surface area contributed by atoms with Crippen LogP contribution in [0.4, 0.5) is 4.79 Å². The van der Waals surface area contributed by atoms with Gasteiger partial charge < -0.3 is 5.73 Å². The molecule has 0 radical (unpaired) electrons. The zero-order valence-corrected chi connectivity index (χ0v) is 13.2. The number of aromatic nitrogens is 2. The lowest BCUT2D eigenvalue weighted by Crippen LogP contribution is -2.33. The van der Waals surface area contributed by atoms with E-state index >= 15 is 0 Å². The van der Waals surface area contributed by atoms with Crippen molar-refractivity contribution in [3.63, 3.8) is 0 Å². The fourth-order valence-electron chi connectivity index (χ4n) is 3.26. The Kier molecular flexibility index (Phi) is 3.16. The van der Waals surface area contributed by atoms with Gasteiger partial charge in [-0.3, -0.25) is 0 Å². The van der Waals surface area contributed by atoms with Crippen molar-refractivity contribution < 1.29 is 4.79 Å². The normalized spacial score (nSPS) is 19.5. The molecule has 0 spiro atoms. The van der Waals surface area contributed by atoms with Crippen molar-refractivity contribution in [2.45, 2.75) is 11.8 Å². The summed E-state index contributed by atoms with van der Waals surface area (Å²) in [5, 5.41) is 8.37. The first-order chi connectivity index (χ1) is 11.2. The first-order valence-electron chi connectivity index (χ1n) is 7.35. The number of primary amides is 1. The topological polar surface area (TPSA) is 60.9 Å². The van der Waals surface area contributed by atoms with Crippen molar-refractivity contribution in [1.82, 2.24) is 9.78 Å². The van der Waals surface area contributed by atoms with Crippen molar-refractivity contribution in [2.75, 3.05) is 0 Å². The van der Waals surface area contributed by atoms with E-state index in [0.29, 0.717) is 6.42 Å². The number of allylic oxidation sites excluding steroid dienone is 1. The molecule has 0 fully saturated rings. The minimum atomic E-state index is -0.547. The maximum atomic E-state index is 11.7. The summed E-state index contributed by atoms with van der Waals surface area (Å²) in [5.74, 6) is 0. The van der Waals surface area contributed by atoms with Crippen LogP contribution >= 0.6 is 11.3 Å². The minimum absolute atomic E-state index is 0.304. The third-order valence-corrected chi connectivity index (χ3v) is 5.11. The van der Waals surface area contributed by atoms with E-state index in [9.17, 15) is 4.79 Å². The van der Waals surface area contributed by atoms with Gasteiger partial charge >= 0.3 is 6.03 Å². The van der Waals surface area contributed by atoms with Crippen molar-refractivity contribution in [1.29, 1.82) is 0 Å². The van der Waals surface area contributed by atoms with E-state index in [4.69, 9.17) is 5.73 Å². The molecule has 1 unspecified atom stereocenters. The Morgan fingerprint density at radius 2 is 2.04 bits per heavy atom. The maximum absolute atomic E-state index is 11.7. The molecule has 4 nitrogen and oxygen atoms in total. The van der Waals surface area contributed by atoms with Gasteiger partial charge in [0.15, 0.2) is 0 Å². The molecular weight excluding hydrogens is 306 g/mol. The smallest absolute Gasteiger partial charge is 0.339 e. The van der Waals surface area contributed by atoms with E-state index < -0.39 is 6.03 Å². The zero-order valence-electron chi connectivity index (χ0n) is 12.3. The van der Waals surface area contributed by atoms with Crippen molar-refractivity contribution in [2.24, 2.45) is 5.73 Å². The number of fused-ring (bicyclic) bond motifs is 1. The standard InChI is InChI=1S/C18H15N3OS/c19-17(22)21-16-10-18(15-7-9-23-12-15,8-6-13(16)11-20-21)14-4-2-1-3-5-14/h1-9,11-12H,10H2,(H2,19,22). The molecule has 114 valence electrons. The maximum Gasteiger partial charge on any atom is 0.339 e. The Morgan fingerprint density at radius 3 is 2.74 bits per heavy atom. The highest BCUT2D eigenvalue weighted by Crippen LogP contribution is 2.42. The number of thiophene rings is 1. The summed E-state index contributed by atoms with van der Waals surface area (Å²) >= 11 is 1.67. The predicted molar refractivity (Wildman–Crippen MR) is 91.5 cm³/mol. The first-order valence-corrected chi connectivity index (χ1v) is 8.29. The van der Waals surface area contributed by atoms with Crippen molar-refractivity contribution in [3.05, 3.63) is 81.8 Å². The molecule has 2 aromatic heterocycles. The van der Waals surface area contributed by atoms with E-state index in [-0.39, 0.29) is 5.41 Å². The Hall–Kier alpha value is -2.66. The molecule has 1 aliphatic rings. The molecule has 1 amide bonds. The van der Waals surface area contributed by atoms with Gasteiger partial charge in [-0.2, -0.15) is 21.1 Å². The summed E-state index contributed by atoms with van der Waals surface area (Å²) in [6, 6.07) is 11.9. The van der Waals surface area contributed by atoms with Crippen LogP contribution in [-0.4, -0.2) is 15.8 Å². The van der Waals surface area contributed by atoms with Crippen LogP contribution in [0.5, 0.6) is 0 Å². The van der Waals surface area contributed by atoms with Gasteiger partial charge in [0, 0.05) is 17.4 Å². The largest absolute Gasteiger partial charge is 0.350 e. The second-order valence-corrected chi connectivity index (χ2v) is 6.44. The average molecular weight is 321 g/mol. The average Bonchev–Trinajstić information content (AvgIpc) is 3.24. The number of nitrogens with two attached hydrogens (primary N) is 1. The van der Waals surface area contributed by atoms with E-state index in [0.717, 1.165) is 11.3 Å². The summed E-state index contributed by atoms with van der Waals surface area (Å²) in [6.45, 7) is 0. The number of amides is 1. The van der Waals surface area contributed by atoms with E-state index in [1.807, 2.05) is 24.3 Å². The first kappa shape index (κ1) is 14.0. The predicted octanol–water partition coefficient (Wildman–Crippen LogP) is 3.43. The van der Waals surface area contributed by atoms with Gasteiger partial charge in [0.05, 0.1) is 11.9 Å². The van der Waals surface area contributed by atoms with E-state index in [1.165, 1.54) is 15.8 Å². The Morgan fingerprint density at radius 1 is 1.22 bits per heavy atom. The molecule has 0 aliphatic heterocycles. The quantitative estimate of drug-likeness (QED) is 0.786. The molecule has 1 atom stereocenters. The molecule has 0 saturated carbocycles. The minimum Gasteiger partial charge on any atom is -0.350 e. The molecular formula is C18H15N3OS. The lowest BCUT2D eigenvalue weighted by molar-refractivity contribution is 0.246. The van der Waals surface area contributed by atoms with Gasteiger partial charge in [-0.15, -0.1) is 0 Å². The molecule has 3 aromatic rings. The third-order valence-electron chi connectivity index (χ3n) is 4.43. The Bertz CT molecular complexity index is 880. The number of benzene rings is 1. The van der Waals surface area contributed by atoms with Gasteiger partial charge in [0.1, 0.15) is 0 Å². The highest BCUT2D eigenvalue weighted by atomic mass is 32.1. The second-order valence-electron chi connectivity index (χ2n) is 5.66. The summed E-state index contributed by atoms with van der Waals surface area (Å²) in [5.41, 5.74) is 9.38. The van der Waals surface area contributed by atoms with Crippen molar-refractivity contribution in [3.8, 4) is 0 Å². The highest BCUT2D eigenvalue weighted by Gasteiger charge is 2.37. The molecule has 1 aliphatic carbocycles. The lowest BCUT2D eigenvalue weighted by Gasteiger charge is -2.33. The van der Waals surface area contributed by atoms with Gasteiger partial charge in [-0.1, -0.05) is 42.5 Å². The second kappa shape index (κ2) is 5.21. The molecule has 4 rings (SSSR count). The number of rotatable bonds is 2. The lowest BCUT2D eigenvalue weighted by atomic mass is 9.69. The molecule has 2 N–H and O–H groups in total. The number of nitrogens with zero attached hydrogens (tertiary/aromatic N) is 2. The molecule has 0 saturated heterocycles. The zero-order chi connectivity index (χ0) is 15.9. The van der Waals surface area contributed by atoms with Crippen LogP contribution in [-0.2, 0) is 11.8 Å². The van der Waals surface area contributed by atoms with Crippen LogP contribution in [0.25, 0.3) is 6.08 Å². The van der Waals surface area contributed by atoms with Crippen LogP contribution in [0.3, 0.4) is 0 Å². The van der Waals surface area contributed by atoms with Crippen LogP contribution in [0.15, 0.2) is 59.4 Å². The summed E-state index contributed by atoms with van der Waals surface area (Å²) in [4.78, 5) is 11.7. The highest BCUT2D eigenvalue weighted by molar-refractivity contribution is 7.08. The molecule has 23 heavy (non-hydrogen) atoms. The SMILES string of the molecule is NC(=O)n1ncc2c1CC(c1ccccc1)(c1ccsc1)C=C2. The van der Waals surface area contributed by atoms with E-state index in [1.54, 1.807) is 17.5 Å². The fourth-order valence-corrected chi connectivity index (χ4v) is 4.00. The van der Waals surface area contributed by atoms with Crippen LogP contribution < -0.4 is 5.73 Å². The summed E-state index contributed by atoms with van der Waals surface area (Å²) < 4.78 is 1.31.